The van der Waals surface area contributed by atoms with Gasteiger partial charge < -0.3 is 4.90 Å². The van der Waals surface area contributed by atoms with Crippen molar-refractivity contribution in [2.24, 2.45) is 5.92 Å². The van der Waals surface area contributed by atoms with E-state index in [2.05, 4.69) is 11.4 Å². The molecule has 0 saturated heterocycles. The lowest BCUT2D eigenvalue weighted by Gasteiger charge is -2.25. The van der Waals surface area contributed by atoms with Gasteiger partial charge in [0.25, 0.3) is 0 Å². The number of rotatable bonds is 3. The molecule has 0 atom stereocenters. The van der Waals surface area contributed by atoms with E-state index in [0.29, 0.717) is 0 Å². The van der Waals surface area contributed by atoms with Gasteiger partial charge >= 0.3 is 0 Å². The van der Waals surface area contributed by atoms with Gasteiger partial charge in [0.1, 0.15) is 0 Å². The van der Waals surface area contributed by atoms with Crippen molar-refractivity contribution in [1.82, 2.24) is 9.88 Å². The second-order valence-corrected chi connectivity index (χ2v) is 8.10. The summed E-state index contributed by atoms with van der Waals surface area (Å²) in [5.74, 6) is 1.07. The average molecular weight is 318 g/mol. The monoisotopic (exact) mass is 318 g/mol. The molecule has 5 heteroatoms. The van der Waals surface area contributed by atoms with E-state index in [0.717, 1.165) is 37.5 Å². The van der Waals surface area contributed by atoms with Crippen molar-refractivity contribution in [3.05, 3.63) is 26.9 Å². The van der Waals surface area contributed by atoms with Gasteiger partial charge in [-0.1, -0.05) is 0 Å². The van der Waals surface area contributed by atoms with Gasteiger partial charge in [-0.2, -0.15) is 0 Å². The number of carbonyl (C=O) groups excluding carboxylic acids is 1. The minimum absolute atomic E-state index is 0.175. The second kappa shape index (κ2) is 5.21. The van der Waals surface area contributed by atoms with E-state index in [1.807, 2.05) is 16.2 Å². The predicted octanol–water partition coefficient (Wildman–Crippen LogP) is 3.73. The molecule has 0 aromatic carbocycles. The van der Waals surface area contributed by atoms with Gasteiger partial charge in [-0.15, -0.1) is 22.7 Å². The summed E-state index contributed by atoms with van der Waals surface area (Å²) in [5.41, 5.74) is 2.44. The van der Waals surface area contributed by atoms with Crippen LogP contribution in [0.1, 0.15) is 35.2 Å². The van der Waals surface area contributed by atoms with Crippen molar-refractivity contribution >= 4 is 28.6 Å². The van der Waals surface area contributed by atoms with Crippen LogP contribution in [0.3, 0.4) is 0 Å². The van der Waals surface area contributed by atoms with Gasteiger partial charge in [0.05, 0.1) is 15.6 Å². The molecule has 1 fully saturated rings. The summed E-state index contributed by atoms with van der Waals surface area (Å²) in [6.45, 7) is 3.27. The van der Waals surface area contributed by atoms with E-state index in [-0.39, 0.29) is 5.91 Å². The lowest BCUT2D eigenvalue weighted by atomic mass is 10.1. The third-order valence-electron chi connectivity index (χ3n) is 4.28. The Morgan fingerprint density at radius 1 is 1.48 bits per heavy atom. The molecule has 0 spiro atoms. The Balaban J connectivity index is 1.56. The molecular formula is C16H18N2OS2. The Labute approximate surface area is 132 Å². The normalized spacial score (nSPS) is 17.9. The summed E-state index contributed by atoms with van der Waals surface area (Å²) in [6, 6.07) is 2.24. The van der Waals surface area contributed by atoms with Gasteiger partial charge in [0, 0.05) is 36.7 Å². The van der Waals surface area contributed by atoms with Crippen molar-refractivity contribution in [2.45, 2.75) is 39.2 Å². The first-order valence-electron chi connectivity index (χ1n) is 7.51. The van der Waals surface area contributed by atoms with Crippen LogP contribution < -0.4 is 0 Å². The molecule has 21 heavy (non-hydrogen) atoms. The maximum absolute atomic E-state index is 11.5. The highest BCUT2D eigenvalue weighted by atomic mass is 32.1. The summed E-state index contributed by atoms with van der Waals surface area (Å²) in [5, 5.41) is 3.47. The first-order valence-corrected chi connectivity index (χ1v) is 9.20. The van der Waals surface area contributed by atoms with Crippen molar-refractivity contribution < 1.29 is 4.79 Å². The Morgan fingerprint density at radius 2 is 2.33 bits per heavy atom. The third-order valence-corrected chi connectivity index (χ3v) is 6.41. The quantitative estimate of drug-likeness (QED) is 0.864. The standard InChI is InChI=1S/C16H18N2OS2/c1-10(19)18-5-4-14-12(8-18)7-15(21-14)13-9-20-16(17-13)6-11-2-3-11/h7,9,11H,2-6,8H2,1H3. The minimum Gasteiger partial charge on any atom is -0.338 e. The Hall–Kier alpha value is -1.20. The Bertz CT molecular complexity index is 684. The second-order valence-electron chi connectivity index (χ2n) is 6.02. The summed E-state index contributed by atoms with van der Waals surface area (Å²) >= 11 is 3.65. The van der Waals surface area contributed by atoms with Gasteiger partial charge in [-0.3, -0.25) is 4.79 Å². The van der Waals surface area contributed by atoms with Gasteiger partial charge in [0.15, 0.2) is 0 Å². The Morgan fingerprint density at radius 3 is 3.10 bits per heavy atom. The molecule has 0 bridgehead atoms. The summed E-state index contributed by atoms with van der Waals surface area (Å²) in [4.78, 5) is 20.9. The molecule has 1 amide bonds. The van der Waals surface area contributed by atoms with Crippen LogP contribution in [-0.2, 0) is 24.2 Å². The molecule has 1 aliphatic carbocycles. The number of thiazole rings is 1. The number of hydrogen-bond acceptors (Lipinski definition) is 4. The molecule has 2 aromatic rings. The van der Waals surface area contributed by atoms with Crippen LogP contribution in [0.15, 0.2) is 11.4 Å². The van der Waals surface area contributed by atoms with E-state index in [4.69, 9.17) is 4.98 Å². The number of hydrogen-bond donors (Lipinski definition) is 0. The fourth-order valence-electron chi connectivity index (χ4n) is 2.81. The molecule has 3 nitrogen and oxygen atoms in total. The molecule has 4 rings (SSSR count). The van der Waals surface area contributed by atoms with Crippen LogP contribution in [0.4, 0.5) is 0 Å². The summed E-state index contributed by atoms with van der Waals surface area (Å²) in [6.07, 6.45) is 4.90. The fraction of sp³-hybridized carbons (Fsp3) is 0.500. The molecule has 2 aliphatic rings. The fourth-order valence-corrected chi connectivity index (χ4v) is 4.92. The van der Waals surface area contributed by atoms with Crippen LogP contribution in [0, 0.1) is 5.92 Å². The number of amides is 1. The largest absolute Gasteiger partial charge is 0.338 e. The maximum Gasteiger partial charge on any atom is 0.219 e. The van der Waals surface area contributed by atoms with Gasteiger partial charge in [0.2, 0.25) is 5.91 Å². The molecule has 3 heterocycles. The highest BCUT2D eigenvalue weighted by Crippen LogP contribution is 2.37. The Kier molecular flexibility index (Phi) is 3.34. The number of aromatic nitrogens is 1. The lowest BCUT2D eigenvalue weighted by Crippen LogP contribution is -2.33. The highest BCUT2D eigenvalue weighted by molar-refractivity contribution is 7.16. The average Bonchev–Trinajstić information content (AvgIpc) is 3.00. The topological polar surface area (TPSA) is 33.2 Å². The number of carbonyl (C=O) groups is 1. The van der Waals surface area contributed by atoms with Crippen LogP contribution >= 0.6 is 22.7 Å². The summed E-state index contributed by atoms with van der Waals surface area (Å²) < 4.78 is 0. The lowest BCUT2D eigenvalue weighted by molar-refractivity contribution is -0.129. The van der Waals surface area contributed by atoms with E-state index < -0.39 is 0 Å². The zero-order chi connectivity index (χ0) is 14.4. The number of fused-ring (bicyclic) bond motifs is 1. The zero-order valence-electron chi connectivity index (χ0n) is 12.1. The van der Waals surface area contributed by atoms with Crippen molar-refractivity contribution in [2.75, 3.05) is 6.54 Å². The first kappa shape index (κ1) is 13.5. The zero-order valence-corrected chi connectivity index (χ0v) is 13.7. The van der Waals surface area contributed by atoms with E-state index in [1.54, 1.807) is 18.3 Å². The van der Waals surface area contributed by atoms with E-state index in [1.165, 1.54) is 33.2 Å². The number of thiophene rings is 1. The van der Waals surface area contributed by atoms with E-state index >= 15 is 0 Å². The number of nitrogens with zero attached hydrogens (tertiary/aromatic N) is 2. The van der Waals surface area contributed by atoms with Gasteiger partial charge in [-0.05, 0) is 36.8 Å². The minimum atomic E-state index is 0.175. The van der Waals surface area contributed by atoms with E-state index in [9.17, 15) is 4.79 Å². The highest BCUT2D eigenvalue weighted by Gasteiger charge is 2.24. The maximum atomic E-state index is 11.5. The SMILES string of the molecule is CC(=O)N1CCc2sc(-c3csc(CC4CC4)n3)cc2C1. The molecule has 110 valence electrons. The first-order chi connectivity index (χ1) is 10.2. The van der Waals surface area contributed by atoms with Crippen LogP contribution in [0.2, 0.25) is 0 Å². The van der Waals surface area contributed by atoms with Crippen LogP contribution in [0.5, 0.6) is 0 Å². The smallest absolute Gasteiger partial charge is 0.219 e. The molecule has 0 radical (unpaired) electrons. The summed E-state index contributed by atoms with van der Waals surface area (Å²) in [7, 11) is 0. The molecular weight excluding hydrogens is 300 g/mol. The van der Waals surface area contributed by atoms with Crippen molar-refractivity contribution in [3.63, 3.8) is 0 Å². The van der Waals surface area contributed by atoms with Crippen LogP contribution in [0.25, 0.3) is 10.6 Å². The van der Waals surface area contributed by atoms with Crippen LogP contribution in [-0.4, -0.2) is 22.3 Å². The van der Waals surface area contributed by atoms with Crippen molar-refractivity contribution in [1.29, 1.82) is 0 Å². The van der Waals surface area contributed by atoms with Crippen molar-refractivity contribution in [3.8, 4) is 10.6 Å². The molecule has 1 aliphatic heterocycles. The third kappa shape index (κ3) is 2.77. The molecule has 1 saturated carbocycles. The molecule has 0 unspecified atom stereocenters. The molecule has 2 aromatic heterocycles. The molecule has 0 N–H and O–H groups in total. The van der Waals surface area contributed by atoms with Gasteiger partial charge in [-0.25, -0.2) is 4.98 Å². The predicted molar refractivity (Wildman–Crippen MR) is 86.7 cm³/mol.